The lowest BCUT2D eigenvalue weighted by atomic mass is 10.1. The van der Waals surface area contributed by atoms with Crippen LogP contribution in [-0.4, -0.2) is 39.2 Å². The predicted octanol–water partition coefficient (Wildman–Crippen LogP) is 2.52. The molecule has 0 aliphatic carbocycles. The minimum atomic E-state index is -0.109. The summed E-state index contributed by atoms with van der Waals surface area (Å²) in [6.07, 6.45) is 3.35. The molecule has 5 nitrogen and oxygen atoms in total. The first-order valence-electron chi connectivity index (χ1n) is 8.11. The number of likely N-dealkylation sites (tertiary alicyclic amines) is 1. The lowest BCUT2D eigenvalue weighted by Crippen LogP contribution is -2.37. The number of aromatic nitrogens is 2. The van der Waals surface area contributed by atoms with Gasteiger partial charge in [0.25, 0.3) is 5.56 Å². The van der Waals surface area contributed by atoms with E-state index in [9.17, 15) is 9.59 Å². The summed E-state index contributed by atoms with van der Waals surface area (Å²) in [6, 6.07) is 7.62. The van der Waals surface area contributed by atoms with Crippen molar-refractivity contribution < 1.29 is 4.79 Å². The largest absolute Gasteiger partial charge is 0.342 e. The molecule has 3 rings (SSSR count). The Morgan fingerprint density at radius 1 is 1.22 bits per heavy atom. The summed E-state index contributed by atoms with van der Waals surface area (Å²) >= 11 is 1.26. The van der Waals surface area contributed by atoms with Gasteiger partial charge in [-0.05, 0) is 38.3 Å². The Hall–Kier alpha value is -1.82. The molecule has 0 N–H and O–H groups in total. The molecule has 1 aliphatic rings. The van der Waals surface area contributed by atoms with Gasteiger partial charge in [-0.3, -0.25) is 9.59 Å². The van der Waals surface area contributed by atoms with Gasteiger partial charge in [-0.15, -0.1) is 0 Å². The van der Waals surface area contributed by atoms with E-state index in [4.69, 9.17) is 0 Å². The van der Waals surface area contributed by atoms with Crippen LogP contribution < -0.4 is 5.56 Å². The van der Waals surface area contributed by atoms with E-state index in [1.165, 1.54) is 18.2 Å². The molecule has 23 heavy (non-hydrogen) atoms. The maximum atomic E-state index is 12.6. The molecule has 0 spiro atoms. The van der Waals surface area contributed by atoms with Crippen molar-refractivity contribution in [3.05, 3.63) is 34.6 Å². The zero-order chi connectivity index (χ0) is 16.2. The molecule has 6 heteroatoms. The summed E-state index contributed by atoms with van der Waals surface area (Å²) in [5, 5.41) is 0.413. The molecular formula is C17H21N3O2S. The number of carbonyl (C=O) groups is 1. The average molecular weight is 331 g/mol. The molecule has 0 radical (unpaired) electrons. The Morgan fingerprint density at radius 2 is 1.96 bits per heavy atom. The lowest BCUT2D eigenvalue weighted by Gasteiger charge is -2.26. The van der Waals surface area contributed by atoms with Crippen molar-refractivity contribution in [2.75, 3.05) is 18.8 Å². The third kappa shape index (κ3) is 3.42. The molecule has 2 heterocycles. The average Bonchev–Trinajstić information content (AvgIpc) is 2.60. The van der Waals surface area contributed by atoms with Crippen LogP contribution in [0.25, 0.3) is 11.0 Å². The van der Waals surface area contributed by atoms with Gasteiger partial charge in [-0.25, -0.2) is 4.98 Å². The van der Waals surface area contributed by atoms with Crippen LogP contribution >= 0.6 is 11.8 Å². The zero-order valence-corrected chi connectivity index (χ0v) is 14.1. The minimum Gasteiger partial charge on any atom is -0.342 e. The highest BCUT2D eigenvalue weighted by Crippen LogP contribution is 2.18. The van der Waals surface area contributed by atoms with Crippen molar-refractivity contribution >= 4 is 28.7 Å². The number of benzene rings is 1. The number of carbonyl (C=O) groups excluding carboxylic acids is 1. The van der Waals surface area contributed by atoms with E-state index in [-0.39, 0.29) is 17.2 Å². The normalized spacial score (nSPS) is 15.1. The zero-order valence-electron chi connectivity index (χ0n) is 13.3. The summed E-state index contributed by atoms with van der Waals surface area (Å²) in [5.74, 6) is 0.386. The Labute approximate surface area is 139 Å². The van der Waals surface area contributed by atoms with Crippen LogP contribution in [0, 0.1) is 0 Å². The minimum absolute atomic E-state index is 0.104. The van der Waals surface area contributed by atoms with Crippen LogP contribution in [-0.2, 0) is 11.3 Å². The van der Waals surface area contributed by atoms with Crippen molar-refractivity contribution in [1.29, 1.82) is 0 Å². The monoisotopic (exact) mass is 331 g/mol. The maximum absolute atomic E-state index is 12.6. The number of aryl methyl sites for hydroxylation is 1. The van der Waals surface area contributed by atoms with Gasteiger partial charge in [0, 0.05) is 19.6 Å². The summed E-state index contributed by atoms with van der Waals surface area (Å²) in [7, 11) is 0. The number of hydrogen-bond donors (Lipinski definition) is 0. The van der Waals surface area contributed by atoms with Gasteiger partial charge >= 0.3 is 0 Å². The number of para-hydroxylation sites is 2. The molecule has 1 amide bonds. The first-order chi connectivity index (χ1) is 11.2. The molecule has 1 saturated heterocycles. The van der Waals surface area contributed by atoms with Crippen molar-refractivity contribution in [3.63, 3.8) is 0 Å². The number of rotatable bonds is 4. The fraction of sp³-hybridized carbons (Fsp3) is 0.471. The summed E-state index contributed by atoms with van der Waals surface area (Å²) in [4.78, 5) is 31.2. The Bertz CT molecular complexity index is 766. The van der Waals surface area contributed by atoms with E-state index in [0.717, 1.165) is 37.0 Å². The van der Waals surface area contributed by atoms with Gasteiger partial charge in [0.15, 0.2) is 5.03 Å². The molecule has 0 bridgehead atoms. The highest BCUT2D eigenvalue weighted by molar-refractivity contribution is 7.99. The van der Waals surface area contributed by atoms with Crippen LogP contribution in [0.3, 0.4) is 0 Å². The van der Waals surface area contributed by atoms with Crippen molar-refractivity contribution in [2.24, 2.45) is 0 Å². The third-order valence-corrected chi connectivity index (χ3v) is 5.11. The van der Waals surface area contributed by atoms with E-state index < -0.39 is 0 Å². The van der Waals surface area contributed by atoms with Crippen LogP contribution in [0.1, 0.15) is 26.2 Å². The molecular weight excluding hydrogens is 310 g/mol. The number of nitrogens with zero attached hydrogens (tertiary/aromatic N) is 3. The predicted molar refractivity (Wildman–Crippen MR) is 92.8 cm³/mol. The number of piperidine rings is 1. The van der Waals surface area contributed by atoms with Gasteiger partial charge in [0.2, 0.25) is 5.91 Å². The molecule has 0 saturated carbocycles. The van der Waals surface area contributed by atoms with E-state index >= 15 is 0 Å². The van der Waals surface area contributed by atoms with Crippen LogP contribution in [0.5, 0.6) is 0 Å². The van der Waals surface area contributed by atoms with Gasteiger partial charge in [0.1, 0.15) is 0 Å². The maximum Gasteiger partial charge on any atom is 0.283 e. The highest BCUT2D eigenvalue weighted by Gasteiger charge is 2.18. The van der Waals surface area contributed by atoms with Gasteiger partial charge in [0.05, 0.1) is 16.8 Å². The van der Waals surface area contributed by atoms with E-state index in [1.54, 1.807) is 4.57 Å². The number of amides is 1. The van der Waals surface area contributed by atoms with Gasteiger partial charge < -0.3 is 9.47 Å². The quantitative estimate of drug-likeness (QED) is 0.808. The molecule has 0 unspecified atom stereocenters. The molecule has 1 aliphatic heterocycles. The second-order valence-corrected chi connectivity index (χ2v) is 6.65. The smallest absolute Gasteiger partial charge is 0.283 e. The van der Waals surface area contributed by atoms with Crippen LogP contribution in [0.2, 0.25) is 0 Å². The number of thioether (sulfide) groups is 1. The van der Waals surface area contributed by atoms with Crippen molar-refractivity contribution in [1.82, 2.24) is 14.5 Å². The third-order valence-electron chi connectivity index (χ3n) is 4.18. The molecule has 1 aromatic carbocycles. The Balaban J connectivity index is 1.81. The fourth-order valence-electron chi connectivity index (χ4n) is 2.94. The highest BCUT2D eigenvalue weighted by atomic mass is 32.2. The van der Waals surface area contributed by atoms with Gasteiger partial charge in [-0.2, -0.15) is 0 Å². The molecule has 2 aromatic rings. The second-order valence-electron chi connectivity index (χ2n) is 5.69. The van der Waals surface area contributed by atoms with E-state index in [0.29, 0.717) is 11.6 Å². The van der Waals surface area contributed by atoms with Crippen LogP contribution in [0.15, 0.2) is 34.1 Å². The van der Waals surface area contributed by atoms with Gasteiger partial charge in [-0.1, -0.05) is 23.9 Å². The molecule has 0 atom stereocenters. The van der Waals surface area contributed by atoms with Crippen LogP contribution in [0.4, 0.5) is 0 Å². The SMILES string of the molecule is CCn1c(=O)c(SCC(=O)N2CCCCC2)nc2ccccc21. The van der Waals surface area contributed by atoms with E-state index in [2.05, 4.69) is 4.98 Å². The topological polar surface area (TPSA) is 55.2 Å². The number of hydrogen-bond acceptors (Lipinski definition) is 4. The first kappa shape index (κ1) is 16.1. The molecule has 1 aromatic heterocycles. The van der Waals surface area contributed by atoms with Crippen molar-refractivity contribution in [3.8, 4) is 0 Å². The van der Waals surface area contributed by atoms with Crippen molar-refractivity contribution in [2.45, 2.75) is 37.8 Å². The second kappa shape index (κ2) is 7.17. The molecule has 1 fully saturated rings. The van der Waals surface area contributed by atoms with E-state index in [1.807, 2.05) is 36.1 Å². The Morgan fingerprint density at radius 3 is 2.70 bits per heavy atom. The summed E-state index contributed by atoms with van der Waals surface area (Å²) in [6.45, 7) is 4.21. The standard InChI is InChI=1S/C17H21N3O2S/c1-2-20-14-9-5-4-8-13(14)18-16(17(20)22)23-12-15(21)19-10-6-3-7-11-19/h4-5,8-9H,2-3,6-7,10-12H2,1H3. The fourth-order valence-corrected chi connectivity index (χ4v) is 3.78. The molecule has 122 valence electrons. The Kier molecular flexibility index (Phi) is 5.00. The summed E-state index contributed by atoms with van der Waals surface area (Å²) in [5.41, 5.74) is 1.52. The number of fused-ring (bicyclic) bond motifs is 1. The first-order valence-corrected chi connectivity index (χ1v) is 9.09. The lowest BCUT2D eigenvalue weighted by molar-refractivity contribution is -0.129. The summed E-state index contributed by atoms with van der Waals surface area (Å²) < 4.78 is 1.72.